The topological polar surface area (TPSA) is 103 Å². The third-order valence-electron chi connectivity index (χ3n) is 4.29. The molecule has 8 heteroatoms. The third kappa shape index (κ3) is 4.04. The Morgan fingerprint density at radius 3 is 2.62 bits per heavy atom. The number of benzene rings is 1. The molecule has 5 atom stereocenters. The number of carbonyl (C=O) groups excluding carboxylic acids is 2. The maximum absolute atomic E-state index is 12.4. The molecule has 2 saturated heterocycles. The second kappa shape index (κ2) is 7.32. The minimum Gasteiger partial charge on any atom is -0.430 e. The van der Waals surface area contributed by atoms with Crippen LogP contribution in [0.2, 0.25) is 0 Å². The largest absolute Gasteiger partial charge is 0.430 e. The number of hydrogen-bond donors (Lipinski definition) is 2. The van der Waals surface area contributed by atoms with Crippen LogP contribution in [0.3, 0.4) is 0 Å². The van der Waals surface area contributed by atoms with E-state index in [-0.39, 0.29) is 12.5 Å². The fourth-order valence-electron chi connectivity index (χ4n) is 3.08. The van der Waals surface area contributed by atoms with Crippen molar-refractivity contribution in [3.63, 3.8) is 0 Å². The van der Waals surface area contributed by atoms with Crippen molar-refractivity contribution in [2.24, 2.45) is 0 Å². The van der Waals surface area contributed by atoms with Gasteiger partial charge in [0.1, 0.15) is 24.4 Å². The van der Waals surface area contributed by atoms with Gasteiger partial charge in [-0.15, -0.1) is 0 Å². The summed E-state index contributed by atoms with van der Waals surface area (Å²) in [4.78, 5) is 23.9. The molecule has 26 heavy (non-hydrogen) atoms. The summed E-state index contributed by atoms with van der Waals surface area (Å²) >= 11 is 0. The molecular weight excluding hydrogens is 342 g/mol. The van der Waals surface area contributed by atoms with Crippen molar-refractivity contribution < 1.29 is 33.6 Å². The van der Waals surface area contributed by atoms with Gasteiger partial charge in [-0.25, -0.2) is 4.79 Å². The second-order valence-corrected chi connectivity index (χ2v) is 6.82. The van der Waals surface area contributed by atoms with E-state index < -0.39 is 42.4 Å². The Morgan fingerprint density at radius 1 is 1.27 bits per heavy atom. The Bertz CT molecular complexity index is 663. The van der Waals surface area contributed by atoms with Gasteiger partial charge < -0.3 is 29.4 Å². The van der Waals surface area contributed by atoms with Crippen LogP contribution in [0.5, 0.6) is 0 Å². The Kier molecular flexibility index (Phi) is 5.29. The summed E-state index contributed by atoms with van der Waals surface area (Å²) in [5, 5.41) is 13.3. The Hall–Kier alpha value is -2.00. The van der Waals surface area contributed by atoms with Gasteiger partial charge in [0.25, 0.3) is 0 Å². The maximum atomic E-state index is 12.4. The summed E-state index contributed by atoms with van der Waals surface area (Å²) in [6.07, 6.45) is -3.65. The average molecular weight is 365 g/mol. The smallest absolute Gasteiger partial charge is 0.340 e. The molecule has 0 saturated carbocycles. The van der Waals surface area contributed by atoms with Crippen molar-refractivity contribution in [3.8, 4) is 0 Å². The number of fused-ring (bicyclic) bond motifs is 1. The lowest BCUT2D eigenvalue weighted by Crippen LogP contribution is -2.68. The lowest BCUT2D eigenvalue weighted by Gasteiger charge is -2.49. The lowest BCUT2D eigenvalue weighted by molar-refractivity contribution is -0.363. The molecule has 0 bridgehead atoms. The summed E-state index contributed by atoms with van der Waals surface area (Å²) in [5.74, 6) is -1.89. The van der Waals surface area contributed by atoms with Crippen molar-refractivity contribution in [2.75, 3.05) is 6.61 Å². The maximum Gasteiger partial charge on any atom is 0.340 e. The van der Waals surface area contributed by atoms with Crippen LogP contribution in [0.4, 0.5) is 0 Å². The highest BCUT2D eigenvalue weighted by atomic mass is 16.8. The zero-order chi connectivity index (χ0) is 18.9. The Balaban J connectivity index is 1.79. The minimum atomic E-state index is -1.17. The van der Waals surface area contributed by atoms with Gasteiger partial charge >= 0.3 is 5.97 Å². The molecule has 2 fully saturated rings. The molecule has 0 aromatic heterocycles. The normalized spacial score (nSPS) is 33.0. The van der Waals surface area contributed by atoms with Crippen molar-refractivity contribution in [3.05, 3.63) is 35.9 Å². The zero-order valence-corrected chi connectivity index (χ0v) is 14.9. The number of aliphatic hydroxyl groups excluding tert-OH is 1. The molecule has 1 amide bonds. The van der Waals surface area contributed by atoms with Gasteiger partial charge in [0, 0.05) is 6.92 Å². The number of aliphatic hydroxyl groups is 1. The molecule has 0 unspecified atom stereocenters. The van der Waals surface area contributed by atoms with E-state index in [2.05, 4.69) is 5.32 Å². The quantitative estimate of drug-likeness (QED) is 0.756. The van der Waals surface area contributed by atoms with Crippen LogP contribution >= 0.6 is 0 Å². The first-order chi connectivity index (χ1) is 12.3. The molecule has 8 nitrogen and oxygen atoms in total. The van der Waals surface area contributed by atoms with Crippen LogP contribution in [0.25, 0.3) is 0 Å². The predicted octanol–water partition coefficient (Wildman–Crippen LogP) is 0.585. The first kappa shape index (κ1) is 18.8. The van der Waals surface area contributed by atoms with E-state index in [0.29, 0.717) is 5.56 Å². The highest BCUT2D eigenvalue weighted by molar-refractivity contribution is 5.89. The molecule has 142 valence electrons. The van der Waals surface area contributed by atoms with Crippen LogP contribution in [-0.4, -0.2) is 60.0 Å². The Morgan fingerprint density at radius 2 is 1.96 bits per heavy atom. The molecule has 0 aliphatic carbocycles. The number of nitrogens with one attached hydrogen (secondary N) is 1. The van der Waals surface area contributed by atoms with Gasteiger partial charge in [0.05, 0.1) is 12.2 Å². The molecule has 1 aromatic rings. The molecule has 2 aliphatic heterocycles. The van der Waals surface area contributed by atoms with Gasteiger partial charge in [0.15, 0.2) is 5.79 Å². The molecule has 2 aliphatic rings. The lowest BCUT2D eigenvalue weighted by atomic mass is 9.95. The number of ether oxygens (including phenoxy) is 4. The van der Waals surface area contributed by atoms with Crippen LogP contribution in [-0.2, 0) is 23.7 Å². The molecule has 0 spiro atoms. The van der Waals surface area contributed by atoms with Crippen molar-refractivity contribution in [1.29, 1.82) is 0 Å². The average Bonchev–Trinajstić information content (AvgIpc) is 2.59. The summed E-state index contributed by atoms with van der Waals surface area (Å²) in [6, 6.07) is 7.44. The molecule has 0 radical (unpaired) electrons. The molecule has 2 heterocycles. The summed E-state index contributed by atoms with van der Waals surface area (Å²) in [7, 11) is 0. The number of hydrogen-bond acceptors (Lipinski definition) is 7. The number of esters is 1. The highest BCUT2D eigenvalue weighted by Gasteiger charge is 2.52. The fourth-order valence-corrected chi connectivity index (χ4v) is 3.08. The monoisotopic (exact) mass is 365 g/mol. The molecular formula is C18H23NO7. The van der Waals surface area contributed by atoms with E-state index in [4.69, 9.17) is 18.9 Å². The van der Waals surface area contributed by atoms with Gasteiger partial charge in [-0.2, -0.15) is 0 Å². The molecule has 1 aromatic carbocycles. The first-order valence-electron chi connectivity index (χ1n) is 8.45. The zero-order valence-electron chi connectivity index (χ0n) is 14.9. The van der Waals surface area contributed by atoms with Crippen LogP contribution in [0.15, 0.2) is 30.3 Å². The molecule has 2 N–H and O–H groups in total. The van der Waals surface area contributed by atoms with E-state index in [9.17, 15) is 14.7 Å². The van der Waals surface area contributed by atoms with Gasteiger partial charge in [-0.05, 0) is 26.0 Å². The highest BCUT2D eigenvalue weighted by Crippen LogP contribution is 2.33. The summed E-state index contributed by atoms with van der Waals surface area (Å²) < 4.78 is 22.5. The van der Waals surface area contributed by atoms with E-state index >= 15 is 0 Å². The van der Waals surface area contributed by atoms with Crippen molar-refractivity contribution in [1.82, 2.24) is 5.32 Å². The van der Waals surface area contributed by atoms with Crippen LogP contribution < -0.4 is 5.32 Å². The summed E-state index contributed by atoms with van der Waals surface area (Å²) in [5.41, 5.74) is 0.339. The van der Waals surface area contributed by atoms with E-state index in [1.807, 2.05) is 0 Å². The standard InChI is InChI=1S/C18H23NO7/c1-10(20)19-13-14(21)15-12(9-23-18(2,3)26-15)24-17(13)25-16(22)11-7-5-4-6-8-11/h4-8,12-15,17,21H,9H2,1-3H3,(H,19,20)/t12-,13-,14-,15-,17+/m1/s1. The third-order valence-corrected chi connectivity index (χ3v) is 4.29. The molecule has 3 rings (SSSR count). The van der Waals surface area contributed by atoms with E-state index in [0.717, 1.165) is 0 Å². The summed E-state index contributed by atoms with van der Waals surface area (Å²) in [6.45, 7) is 4.93. The first-order valence-corrected chi connectivity index (χ1v) is 8.45. The number of rotatable bonds is 3. The predicted molar refractivity (Wildman–Crippen MR) is 89.0 cm³/mol. The SMILES string of the molecule is CC(=O)N[C@H]1[C@H](OC(=O)c2ccccc2)O[C@@H]2COC(C)(C)O[C@H]2[C@@H]1O. The van der Waals surface area contributed by atoms with Crippen LogP contribution in [0, 0.1) is 0 Å². The van der Waals surface area contributed by atoms with Gasteiger partial charge in [-0.1, -0.05) is 18.2 Å². The Labute approximate surface area is 151 Å². The van der Waals surface area contributed by atoms with Crippen LogP contribution in [0.1, 0.15) is 31.1 Å². The van der Waals surface area contributed by atoms with Crippen molar-refractivity contribution >= 4 is 11.9 Å². The van der Waals surface area contributed by atoms with E-state index in [1.54, 1.807) is 44.2 Å². The van der Waals surface area contributed by atoms with Gasteiger partial charge in [-0.3, -0.25) is 4.79 Å². The van der Waals surface area contributed by atoms with Gasteiger partial charge in [0.2, 0.25) is 12.2 Å². The second-order valence-electron chi connectivity index (χ2n) is 6.82. The number of amides is 1. The van der Waals surface area contributed by atoms with Crippen molar-refractivity contribution in [2.45, 2.75) is 57.2 Å². The fraction of sp³-hybridized carbons (Fsp3) is 0.556. The minimum absolute atomic E-state index is 0.168. The number of carbonyl (C=O) groups is 2. The van der Waals surface area contributed by atoms with E-state index in [1.165, 1.54) is 6.92 Å².